The SMILES string of the molecule is [3H]c1c(I)cccc1-n1nn[nH]c1=O. The van der Waals surface area contributed by atoms with Gasteiger partial charge in [0.05, 0.1) is 7.06 Å². The van der Waals surface area contributed by atoms with Crippen LogP contribution in [0.5, 0.6) is 0 Å². The minimum Gasteiger partial charge on any atom is -0.244 e. The Bertz CT molecular complexity index is 520. The third-order valence-corrected chi connectivity index (χ3v) is 2.07. The topological polar surface area (TPSA) is 63.6 Å². The summed E-state index contributed by atoms with van der Waals surface area (Å²) in [6.07, 6.45) is 0. The molecule has 0 spiro atoms. The summed E-state index contributed by atoms with van der Waals surface area (Å²) in [7, 11) is 0. The summed E-state index contributed by atoms with van der Waals surface area (Å²) in [6.45, 7) is 0. The Labute approximate surface area is 88.3 Å². The van der Waals surface area contributed by atoms with E-state index in [1.165, 1.54) is 0 Å². The summed E-state index contributed by atoms with van der Waals surface area (Å²) in [5.41, 5.74) is -0.0175. The first-order valence-electron chi connectivity index (χ1n) is 3.96. The molecule has 0 atom stereocenters. The van der Waals surface area contributed by atoms with Crippen molar-refractivity contribution < 1.29 is 1.37 Å². The minimum atomic E-state index is -0.444. The highest BCUT2D eigenvalue weighted by atomic mass is 127. The Morgan fingerprint density at radius 1 is 1.62 bits per heavy atom. The maximum absolute atomic E-state index is 11.2. The third-order valence-electron chi connectivity index (χ3n) is 1.44. The van der Waals surface area contributed by atoms with Crippen LogP contribution in [0, 0.1) is 3.57 Å². The van der Waals surface area contributed by atoms with Crippen LogP contribution in [0.2, 0.25) is 0 Å². The average Bonchev–Trinajstić information content (AvgIpc) is 2.57. The second-order valence-electron chi connectivity index (χ2n) is 2.30. The van der Waals surface area contributed by atoms with Crippen molar-refractivity contribution >= 4 is 22.6 Å². The van der Waals surface area contributed by atoms with Crippen molar-refractivity contribution in [1.82, 2.24) is 20.2 Å². The van der Waals surface area contributed by atoms with Crippen LogP contribution in [0.15, 0.2) is 29.0 Å². The van der Waals surface area contributed by atoms with Crippen LogP contribution in [0.4, 0.5) is 0 Å². The number of benzene rings is 1. The van der Waals surface area contributed by atoms with Crippen molar-refractivity contribution in [2.24, 2.45) is 0 Å². The van der Waals surface area contributed by atoms with Crippen molar-refractivity contribution in [3.05, 3.63) is 38.3 Å². The number of halogens is 1. The fourth-order valence-electron chi connectivity index (χ4n) is 0.908. The minimum absolute atomic E-state index is 0.268. The normalized spacial score (nSPS) is 11.3. The highest BCUT2D eigenvalue weighted by molar-refractivity contribution is 14.1. The molecule has 1 aromatic heterocycles. The lowest BCUT2D eigenvalue weighted by molar-refractivity contribution is 0.779. The molecule has 0 saturated heterocycles. The third kappa shape index (κ3) is 1.62. The molecule has 0 aliphatic rings. The van der Waals surface area contributed by atoms with Crippen LogP contribution in [0.1, 0.15) is 1.37 Å². The molecule has 13 heavy (non-hydrogen) atoms. The lowest BCUT2D eigenvalue weighted by atomic mass is 10.3. The number of aromatic amines is 1. The summed E-state index contributed by atoms with van der Waals surface area (Å²) >= 11 is 2.03. The number of hydrogen-bond acceptors (Lipinski definition) is 3. The van der Waals surface area contributed by atoms with Crippen LogP contribution < -0.4 is 5.69 Å². The zero-order valence-corrected chi connectivity index (χ0v) is 8.52. The van der Waals surface area contributed by atoms with Crippen LogP contribution in [0.25, 0.3) is 5.69 Å². The highest BCUT2D eigenvalue weighted by Gasteiger charge is 2.01. The summed E-state index contributed by atoms with van der Waals surface area (Å²) in [5.74, 6) is 0. The van der Waals surface area contributed by atoms with Gasteiger partial charge in [0.25, 0.3) is 0 Å². The van der Waals surface area contributed by atoms with E-state index >= 15 is 0 Å². The van der Waals surface area contributed by atoms with Gasteiger partial charge in [0.2, 0.25) is 0 Å². The van der Waals surface area contributed by atoms with Gasteiger partial charge >= 0.3 is 5.69 Å². The lowest BCUT2D eigenvalue weighted by Gasteiger charge is -1.97. The molecule has 0 saturated carbocycles. The van der Waals surface area contributed by atoms with Crippen LogP contribution in [0.3, 0.4) is 0 Å². The molecule has 0 bridgehead atoms. The predicted molar refractivity (Wildman–Crippen MR) is 54.7 cm³/mol. The Morgan fingerprint density at radius 3 is 3.15 bits per heavy atom. The number of nitrogens with one attached hydrogen (secondary N) is 1. The summed E-state index contributed by atoms with van der Waals surface area (Å²) < 4.78 is 9.54. The van der Waals surface area contributed by atoms with Gasteiger partial charge in [0.15, 0.2) is 0 Å². The number of nitrogens with zero attached hydrogens (tertiary/aromatic N) is 3. The van der Waals surface area contributed by atoms with E-state index in [1.807, 2.05) is 22.6 Å². The van der Waals surface area contributed by atoms with Crippen LogP contribution in [-0.2, 0) is 0 Å². The van der Waals surface area contributed by atoms with Gasteiger partial charge in [-0.05, 0) is 51.2 Å². The number of tetrazole rings is 1. The van der Waals surface area contributed by atoms with Crippen molar-refractivity contribution in [2.75, 3.05) is 0 Å². The first kappa shape index (κ1) is 7.25. The Balaban J connectivity index is 2.69. The highest BCUT2D eigenvalue weighted by Crippen LogP contribution is 2.08. The largest absolute Gasteiger partial charge is 0.365 e. The fourth-order valence-corrected chi connectivity index (χ4v) is 1.39. The van der Waals surface area contributed by atoms with E-state index in [0.717, 1.165) is 8.25 Å². The first-order chi connectivity index (χ1) is 6.70. The summed E-state index contributed by atoms with van der Waals surface area (Å²) in [5, 5.41) is 9.10. The average molecular weight is 290 g/mol. The molecule has 6 heteroatoms. The molecule has 2 aromatic rings. The van der Waals surface area contributed by atoms with E-state index in [0.29, 0.717) is 5.69 Å². The molecule has 5 nitrogen and oxygen atoms in total. The molecule has 2 rings (SSSR count). The second-order valence-corrected chi connectivity index (χ2v) is 3.46. The van der Waals surface area contributed by atoms with Gasteiger partial charge in [-0.25, -0.2) is 9.89 Å². The Hall–Kier alpha value is -1.18. The summed E-state index contributed by atoms with van der Waals surface area (Å²) in [4.78, 5) is 11.2. The Morgan fingerprint density at radius 2 is 2.46 bits per heavy atom. The number of H-pyrrole nitrogens is 1. The van der Waals surface area contributed by atoms with E-state index < -0.39 is 5.69 Å². The monoisotopic (exact) mass is 290 g/mol. The standard InChI is InChI=1S/C7H5IN4O/c8-5-2-1-3-6(4-5)12-7(13)9-10-11-12/h1-4H,(H,9,11,13)/i4T. The molecule has 66 valence electrons. The van der Waals surface area contributed by atoms with Crippen molar-refractivity contribution in [1.29, 1.82) is 0 Å². The molecule has 0 unspecified atom stereocenters. The predicted octanol–water partition coefficient (Wildman–Crippen LogP) is 0.560. The maximum Gasteiger partial charge on any atom is 0.365 e. The van der Waals surface area contributed by atoms with Crippen LogP contribution >= 0.6 is 22.6 Å². The van der Waals surface area contributed by atoms with Gasteiger partial charge in [-0.15, -0.1) is 0 Å². The smallest absolute Gasteiger partial charge is 0.244 e. The number of aromatic nitrogens is 4. The second kappa shape index (κ2) is 3.29. The fraction of sp³-hybridized carbons (Fsp3) is 0. The number of rotatable bonds is 1. The van der Waals surface area contributed by atoms with E-state index in [2.05, 4.69) is 15.5 Å². The molecule has 0 radical (unpaired) electrons. The van der Waals surface area contributed by atoms with E-state index in [9.17, 15) is 4.79 Å². The zero-order valence-electron chi connectivity index (χ0n) is 7.36. The molecule has 0 aliphatic heterocycles. The molecule has 1 aromatic carbocycles. The van der Waals surface area contributed by atoms with E-state index in [4.69, 9.17) is 1.37 Å². The molecular formula is C7H5IN4O. The lowest BCUT2D eigenvalue weighted by Crippen LogP contribution is -2.15. The quantitative estimate of drug-likeness (QED) is 0.781. The molecule has 1 N–H and O–H groups in total. The van der Waals surface area contributed by atoms with Gasteiger partial charge in [-0.3, -0.25) is 0 Å². The maximum atomic E-state index is 11.2. The van der Waals surface area contributed by atoms with Gasteiger partial charge in [-0.1, -0.05) is 6.07 Å². The molecule has 0 aliphatic carbocycles. The van der Waals surface area contributed by atoms with Crippen molar-refractivity contribution in [3.63, 3.8) is 0 Å². The zero-order chi connectivity index (χ0) is 10.1. The van der Waals surface area contributed by atoms with E-state index in [1.54, 1.807) is 18.2 Å². The van der Waals surface area contributed by atoms with Crippen LogP contribution in [-0.4, -0.2) is 20.2 Å². The Kier molecular flexibility index (Phi) is 1.83. The molecular weight excluding hydrogens is 283 g/mol. The van der Waals surface area contributed by atoms with Gasteiger partial charge in [0.1, 0.15) is 0 Å². The molecule has 1 heterocycles. The van der Waals surface area contributed by atoms with Gasteiger partial charge in [0, 0.05) is 3.57 Å². The van der Waals surface area contributed by atoms with Crippen molar-refractivity contribution in [3.8, 4) is 5.69 Å². The molecule has 0 amide bonds. The summed E-state index contributed by atoms with van der Waals surface area (Å²) in [6, 6.07) is 5.46. The van der Waals surface area contributed by atoms with E-state index in [-0.39, 0.29) is 6.04 Å². The number of hydrogen-bond donors (Lipinski definition) is 1. The van der Waals surface area contributed by atoms with Gasteiger partial charge < -0.3 is 0 Å². The van der Waals surface area contributed by atoms with Crippen molar-refractivity contribution in [2.45, 2.75) is 0 Å². The van der Waals surface area contributed by atoms with Gasteiger partial charge in [-0.2, -0.15) is 4.68 Å². The first-order valence-corrected chi connectivity index (χ1v) is 4.54. The molecule has 0 fully saturated rings.